The van der Waals surface area contributed by atoms with Crippen molar-refractivity contribution in [2.45, 2.75) is 25.5 Å². The Morgan fingerprint density at radius 1 is 0.974 bits per heavy atom. The first-order chi connectivity index (χ1) is 18.2. The summed E-state index contributed by atoms with van der Waals surface area (Å²) in [6.07, 6.45) is 0. The Morgan fingerprint density at radius 2 is 1.61 bits per heavy atom. The first kappa shape index (κ1) is 28.8. The van der Waals surface area contributed by atoms with Gasteiger partial charge in [0.25, 0.3) is 0 Å². The molecule has 1 amide bonds. The molecule has 0 atom stereocenters. The lowest BCUT2D eigenvalue weighted by Crippen LogP contribution is -2.16. The number of hydrogen-bond acceptors (Lipinski definition) is 12. The van der Waals surface area contributed by atoms with E-state index in [0.717, 1.165) is 11.3 Å². The van der Waals surface area contributed by atoms with E-state index in [1.54, 1.807) is 19.1 Å². The van der Waals surface area contributed by atoms with Crippen LogP contribution in [0.25, 0.3) is 11.4 Å². The van der Waals surface area contributed by atoms with E-state index in [1.807, 2.05) is 11.5 Å². The van der Waals surface area contributed by atoms with Crippen molar-refractivity contribution >= 4 is 45.9 Å². The normalized spacial score (nSPS) is 10.6. The minimum atomic E-state index is -0.669. The van der Waals surface area contributed by atoms with E-state index in [1.165, 1.54) is 47.3 Å². The van der Waals surface area contributed by atoms with Gasteiger partial charge in [0, 0.05) is 12.1 Å². The Morgan fingerprint density at radius 3 is 2.13 bits per heavy atom. The topological polar surface area (TPSA) is 140 Å². The molecule has 3 rings (SSSR count). The van der Waals surface area contributed by atoms with Gasteiger partial charge in [0.1, 0.15) is 9.88 Å². The molecule has 3 aromatic rings. The number of benzene rings is 1. The molecule has 38 heavy (non-hydrogen) atoms. The highest BCUT2D eigenvalue weighted by Crippen LogP contribution is 2.41. The fourth-order valence-electron chi connectivity index (χ4n) is 3.63. The van der Waals surface area contributed by atoms with Crippen LogP contribution in [0.5, 0.6) is 17.2 Å². The molecular weight excluding hydrogens is 536 g/mol. The Balaban J connectivity index is 1.84. The van der Waals surface area contributed by atoms with Crippen molar-refractivity contribution in [2.75, 3.05) is 46.6 Å². The maximum absolute atomic E-state index is 12.8. The standard InChI is InChI=1S/C24H28N4O8S2/c1-8-28-20(13-9-14(32-3)18(34-5)15(10-13)33-4)26-27-24(28)37-11-16(29)25-21-17(22(30)35-6)12(2)19(38-21)23(31)36-7/h9-10H,8,11H2,1-7H3,(H,25,29). The highest BCUT2D eigenvalue weighted by atomic mass is 32.2. The van der Waals surface area contributed by atoms with Crippen molar-refractivity contribution in [1.29, 1.82) is 0 Å². The van der Waals surface area contributed by atoms with Gasteiger partial charge in [0.15, 0.2) is 22.5 Å². The van der Waals surface area contributed by atoms with Gasteiger partial charge in [0.05, 0.1) is 46.9 Å². The van der Waals surface area contributed by atoms with E-state index in [9.17, 15) is 14.4 Å². The maximum Gasteiger partial charge on any atom is 0.348 e. The molecule has 0 aliphatic carbocycles. The van der Waals surface area contributed by atoms with Crippen LogP contribution in [0.1, 0.15) is 32.5 Å². The van der Waals surface area contributed by atoms with Gasteiger partial charge in [-0.1, -0.05) is 11.8 Å². The zero-order valence-corrected chi connectivity index (χ0v) is 23.6. The van der Waals surface area contributed by atoms with Crippen molar-refractivity contribution in [2.24, 2.45) is 0 Å². The van der Waals surface area contributed by atoms with Crippen LogP contribution in [-0.4, -0.2) is 73.9 Å². The van der Waals surface area contributed by atoms with E-state index < -0.39 is 17.8 Å². The maximum atomic E-state index is 12.8. The molecule has 12 nitrogen and oxygen atoms in total. The number of thiophene rings is 1. The van der Waals surface area contributed by atoms with E-state index in [2.05, 4.69) is 15.5 Å². The first-order valence-corrected chi connectivity index (χ1v) is 13.0. The Labute approximate surface area is 227 Å². The largest absolute Gasteiger partial charge is 0.493 e. The fourth-order valence-corrected chi connectivity index (χ4v) is 5.57. The molecule has 0 fully saturated rings. The summed E-state index contributed by atoms with van der Waals surface area (Å²) in [7, 11) is 7.04. The van der Waals surface area contributed by atoms with Crippen molar-refractivity contribution in [1.82, 2.24) is 14.8 Å². The molecule has 0 spiro atoms. The van der Waals surface area contributed by atoms with Gasteiger partial charge in [-0.25, -0.2) is 9.59 Å². The minimum Gasteiger partial charge on any atom is -0.493 e. The lowest BCUT2D eigenvalue weighted by Gasteiger charge is -2.14. The molecule has 0 bridgehead atoms. The monoisotopic (exact) mass is 564 g/mol. The lowest BCUT2D eigenvalue weighted by atomic mass is 10.1. The van der Waals surface area contributed by atoms with Gasteiger partial charge in [0.2, 0.25) is 11.7 Å². The summed E-state index contributed by atoms with van der Waals surface area (Å²) in [5, 5.41) is 12.0. The van der Waals surface area contributed by atoms with Gasteiger partial charge in [-0.3, -0.25) is 4.79 Å². The number of carbonyl (C=O) groups excluding carboxylic acids is 3. The average Bonchev–Trinajstić information content (AvgIpc) is 3.50. The molecule has 0 aliphatic heterocycles. The predicted molar refractivity (Wildman–Crippen MR) is 142 cm³/mol. The number of ether oxygens (including phenoxy) is 5. The number of hydrogen-bond donors (Lipinski definition) is 1. The lowest BCUT2D eigenvalue weighted by molar-refractivity contribution is -0.113. The summed E-state index contributed by atoms with van der Waals surface area (Å²) in [5.74, 6) is 0.245. The van der Waals surface area contributed by atoms with Crippen LogP contribution < -0.4 is 19.5 Å². The molecule has 1 N–H and O–H groups in total. The van der Waals surface area contributed by atoms with Gasteiger partial charge in [-0.05, 0) is 31.5 Å². The average molecular weight is 565 g/mol. The van der Waals surface area contributed by atoms with Crippen LogP contribution in [0.15, 0.2) is 17.3 Å². The number of carbonyl (C=O) groups is 3. The molecule has 0 radical (unpaired) electrons. The smallest absolute Gasteiger partial charge is 0.348 e. The van der Waals surface area contributed by atoms with Crippen LogP contribution in [0.2, 0.25) is 0 Å². The number of methoxy groups -OCH3 is 5. The number of esters is 2. The predicted octanol–water partition coefficient (Wildman–Crippen LogP) is 3.66. The van der Waals surface area contributed by atoms with Crippen LogP contribution in [-0.2, 0) is 20.8 Å². The minimum absolute atomic E-state index is 0.0293. The quantitative estimate of drug-likeness (QED) is 0.269. The van der Waals surface area contributed by atoms with Gasteiger partial charge < -0.3 is 33.6 Å². The molecule has 204 valence electrons. The van der Waals surface area contributed by atoms with Gasteiger partial charge >= 0.3 is 11.9 Å². The molecule has 2 aromatic heterocycles. The van der Waals surface area contributed by atoms with Gasteiger partial charge in [-0.2, -0.15) is 0 Å². The molecule has 0 saturated heterocycles. The Hall–Kier alpha value is -3.78. The summed E-state index contributed by atoms with van der Waals surface area (Å²) in [4.78, 5) is 37.4. The van der Waals surface area contributed by atoms with Crippen molar-refractivity contribution in [3.63, 3.8) is 0 Å². The van der Waals surface area contributed by atoms with Crippen molar-refractivity contribution in [3.05, 3.63) is 28.1 Å². The third-order valence-corrected chi connectivity index (χ3v) is 7.60. The summed E-state index contributed by atoms with van der Waals surface area (Å²) >= 11 is 2.12. The molecule has 0 unspecified atom stereocenters. The number of aromatic nitrogens is 3. The number of nitrogens with zero attached hydrogens (tertiary/aromatic N) is 3. The van der Waals surface area contributed by atoms with Crippen molar-refractivity contribution < 1.29 is 38.1 Å². The molecule has 0 aliphatic rings. The van der Waals surface area contributed by atoms with Gasteiger partial charge in [-0.15, -0.1) is 21.5 Å². The molecule has 2 heterocycles. The second-order valence-electron chi connectivity index (χ2n) is 7.54. The summed E-state index contributed by atoms with van der Waals surface area (Å²) < 4.78 is 27.7. The van der Waals surface area contributed by atoms with Crippen LogP contribution >= 0.6 is 23.1 Å². The second-order valence-corrected chi connectivity index (χ2v) is 9.51. The number of amides is 1. The van der Waals surface area contributed by atoms with E-state index in [-0.39, 0.29) is 21.2 Å². The summed E-state index contributed by atoms with van der Waals surface area (Å²) in [5.41, 5.74) is 1.17. The van der Waals surface area contributed by atoms with E-state index >= 15 is 0 Å². The van der Waals surface area contributed by atoms with E-state index in [0.29, 0.717) is 45.9 Å². The number of rotatable bonds is 11. The first-order valence-electron chi connectivity index (χ1n) is 11.2. The Bertz CT molecular complexity index is 1330. The second kappa shape index (κ2) is 12.6. The van der Waals surface area contributed by atoms with Crippen LogP contribution in [0.4, 0.5) is 5.00 Å². The molecule has 1 aromatic carbocycles. The third-order valence-electron chi connectivity index (χ3n) is 5.45. The van der Waals surface area contributed by atoms with Crippen LogP contribution in [0, 0.1) is 6.92 Å². The zero-order valence-electron chi connectivity index (χ0n) is 22.0. The molecular formula is C24H28N4O8S2. The third kappa shape index (κ3) is 5.70. The summed E-state index contributed by atoms with van der Waals surface area (Å²) in [6, 6.07) is 3.54. The fraction of sp³-hybridized carbons (Fsp3) is 0.375. The number of nitrogens with one attached hydrogen (secondary N) is 1. The number of anilines is 1. The molecule has 14 heteroatoms. The SMILES string of the molecule is CCn1c(SCC(=O)Nc2sc(C(=O)OC)c(C)c2C(=O)OC)nnc1-c1cc(OC)c(OC)c(OC)c1. The zero-order chi connectivity index (χ0) is 28.0. The van der Waals surface area contributed by atoms with Crippen molar-refractivity contribution in [3.8, 4) is 28.6 Å². The van der Waals surface area contributed by atoms with E-state index in [4.69, 9.17) is 23.7 Å². The number of thioether (sulfide) groups is 1. The summed E-state index contributed by atoms with van der Waals surface area (Å²) in [6.45, 7) is 4.05. The highest BCUT2D eigenvalue weighted by molar-refractivity contribution is 7.99. The van der Waals surface area contributed by atoms with Crippen LogP contribution in [0.3, 0.4) is 0 Å². The Kier molecular flexibility index (Phi) is 9.58. The highest BCUT2D eigenvalue weighted by Gasteiger charge is 2.27. The molecule has 0 saturated carbocycles.